The first kappa shape index (κ1) is 9.24. The first-order chi connectivity index (χ1) is 6.13. The van der Waals surface area contributed by atoms with Crippen molar-refractivity contribution >= 4 is 17.8 Å². The predicted molar refractivity (Wildman–Crippen MR) is 41.9 cm³/mol. The number of anilines is 1. The Morgan fingerprint density at radius 3 is 2.77 bits per heavy atom. The Morgan fingerprint density at radius 1 is 1.62 bits per heavy atom. The molecule has 6 heteroatoms. The monoisotopic (exact) mass is 184 g/mol. The largest absolute Gasteiger partial charge is 0.462 e. The summed E-state index contributed by atoms with van der Waals surface area (Å²) in [6.07, 6.45) is 0. The number of nitrogens with one attached hydrogen (secondary N) is 1. The van der Waals surface area contributed by atoms with Crippen LogP contribution in [0.1, 0.15) is 5.69 Å². The quantitative estimate of drug-likeness (QED) is 0.494. The maximum Gasteiger partial charge on any atom is 0.396 e. The molecule has 1 rings (SSSR count). The minimum atomic E-state index is -0.978. The molecule has 0 atom stereocenters. The van der Waals surface area contributed by atoms with Crippen LogP contribution in [0.25, 0.3) is 0 Å². The van der Waals surface area contributed by atoms with Gasteiger partial charge in [0.1, 0.15) is 0 Å². The Hall–Kier alpha value is -1.85. The molecule has 0 aliphatic heterocycles. The minimum absolute atomic E-state index is 0.118. The third-order valence-corrected chi connectivity index (χ3v) is 1.24. The van der Waals surface area contributed by atoms with Crippen molar-refractivity contribution in [2.45, 2.75) is 6.92 Å². The lowest BCUT2D eigenvalue weighted by Gasteiger charge is -1.96. The fourth-order valence-electron chi connectivity index (χ4n) is 0.678. The molecule has 1 heterocycles. The van der Waals surface area contributed by atoms with E-state index >= 15 is 0 Å². The Balaban J connectivity index is 2.60. The van der Waals surface area contributed by atoms with Crippen molar-refractivity contribution in [3.63, 3.8) is 0 Å². The molecule has 6 nitrogen and oxygen atoms in total. The van der Waals surface area contributed by atoms with Crippen molar-refractivity contribution < 1.29 is 18.8 Å². The molecule has 1 amide bonds. The Morgan fingerprint density at radius 2 is 2.31 bits per heavy atom. The van der Waals surface area contributed by atoms with Crippen LogP contribution in [-0.2, 0) is 14.3 Å². The molecule has 0 unspecified atom stereocenters. The van der Waals surface area contributed by atoms with Crippen molar-refractivity contribution in [1.82, 2.24) is 5.16 Å². The minimum Gasteiger partial charge on any atom is -0.462 e. The van der Waals surface area contributed by atoms with Crippen LogP contribution in [0.4, 0.5) is 5.88 Å². The Labute approximate surface area is 73.8 Å². The van der Waals surface area contributed by atoms with Crippen LogP contribution in [0.2, 0.25) is 0 Å². The number of ether oxygens (including phenoxy) is 1. The van der Waals surface area contributed by atoms with Gasteiger partial charge in [-0.3, -0.25) is 10.1 Å². The number of amides is 1. The van der Waals surface area contributed by atoms with Gasteiger partial charge >= 0.3 is 11.9 Å². The molecule has 0 aliphatic carbocycles. The molecule has 1 N–H and O–H groups in total. The molecule has 0 aliphatic rings. The normalized spacial score (nSPS) is 9.38. The molecule has 0 spiro atoms. The van der Waals surface area contributed by atoms with Gasteiger partial charge in [0, 0.05) is 6.07 Å². The standard InChI is InChI=1S/C7H8N2O4/c1-4-3-5(13-9-4)8-6(10)7(11)12-2/h3H,1-2H3,(H,8,10). The summed E-state index contributed by atoms with van der Waals surface area (Å²) < 4.78 is 8.82. The van der Waals surface area contributed by atoms with E-state index in [1.807, 2.05) is 0 Å². The van der Waals surface area contributed by atoms with Crippen LogP contribution in [0.3, 0.4) is 0 Å². The fourth-order valence-corrected chi connectivity index (χ4v) is 0.678. The lowest BCUT2D eigenvalue weighted by atomic mass is 10.5. The number of methoxy groups -OCH3 is 1. The van der Waals surface area contributed by atoms with Crippen molar-refractivity contribution in [2.24, 2.45) is 0 Å². The lowest BCUT2D eigenvalue weighted by molar-refractivity contribution is -0.150. The van der Waals surface area contributed by atoms with Gasteiger partial charge in [0.15, 0.2) is 0 Å². The molecule has 0 bridgehead atoms. The highest BCUT2D eigenvalue weighted by atomic mass is 16.5. The Bertz CT molecular complexity index is 331. The van der Waals surface area contributed by atoms with E-state index < -0.39 is 11.9 Å². The van der Waals surface area contributed by atoms with Gasteiger partial charge in [0.25, 0.3) is 0 Å². The van der Waals surface area contributed by atoms with Crippen LogP contribution in [-0.4, -0.2) is 24.1 Å². The van der Waals surface area contributed by atoms with Gasteiger partial charge in [0.05, 0.1) is 12.8 Å². The zero-order chi connectivity index (χ0) is 9.84. The van der Waals surface area contributed by atoms with Crippen LogP contribution in [0, 0.1) is 6.92 Å². The van der Waals surface area contributed by atoms with E-state index in [0.717, 1.165) is 7.11 Å². The number of aryl methyl sites for hydroxylation is 1. The van der Waals surface area contributed by atoms with Crippen molar-refractivity contribution in [3.05, 3.63) is 11.8 Å². The number of hydrogen-bond donors (Lipinski definition) is 1. The molecular formula is C7H8N2O4. The highest BCUT2D eigenvalue weighted by Gasteiger charge is 2.15. The Kier molecular flexibility index (Phi) is 2.63. The topological polar surface area (TPSA) is 81.4 Å². The SMILES string of the molecule is COC(=O)C(=O)Nc1cc(C)no1. The number of carbonyl (C=O) groups is 2. The summed E-state index contributed by atoms with van der Waals surface area (Å²) in [4.78, 5) is 21.5. The van der Waals surface area contributed by atoms with E-state index in [2.05, 4.69) is 19.7 Å². The van der Waals surface area contributed by atoms with Crippen molar-refractivity contribution in [1.29, 1.82) is 0 Å². The summed E-state index contributed by atoms with van der Waals surface area (Å²) in [6.45, 7) is 1.69. The second kappa shape index (κ2) is 3.70. The lowest BCUT2D eigenvalue weighted by Crippen LogP contribution is -2.23. The highest BCUT2D eigenvalue weighted by molar-refractivity contribution is 6.37. The maximum absolute atomic E-state index is 10.9. The highest BCUT2D eigenvalue weighted by Crippen LogP contribution is 2.07. The second-order valence-electron chi connectivity index (χ2n) is 2.28. The van der Waals surface area contributed by atoms with E-state index in [4.69, 9.17) is 0 Å². The third kappa shape index (κ3) is 2.29. The average Bonchev–Trinajstić information content (AvgIpc) is 2.49. The first-order valence-corrected chi connectivity index (χ1v) is 3.46. The van der Waals surface area contributed by atoms with Gasteiger partial charge in [-0.15, -0.1) is 0 Å². The zero-order valence-electron chi connectivity index (χ0n) is 7.16. The summed E-state index contributed by atoms with van der Waals surface area (Å²) in [5.74, 6) is -1.75. The summed E-state index contributed by atoms with van der Waals surface area (Å²) in [5, 5.41) is 5.68. The van der Waals surface area contributed by atoms with Gasteiger partial charge < -0.3 is 9.26 Å². The van der Waals surface area contributed by atoms with Crippen LogP contribution in [0.5, 0.6) is 0 Å². The van der Waals surface area contributed by atoms with Crippen molar-refractivity contribution in [3.8, 4) is 0 Å². The van der Waals surface area contributed by atoms with E-state index in [-0.39, 0.29) is 5.88 Å². The molecule has 0 aromatic carbocycles. The maximum atomic E-state index is 10.9. The fraction of sp³-hybridized carbons (Fsp3) is 0.286. The molecule has 0 radical (unpaired) electrons. The van der Waals surface area contributed by atoms with Gasteiger partial charge in [0.2, 0.25) is 5.88 Å². The molecule has 70 valence electrons. The van der Waals surface area contributed by atoms with Gasteiger partial charge in [-0.2, -0.15) is 0 Å². The third-order valence-electron chi connectivity index (χ3n) is 1.24. The van der Waals surface area contributed by atoms with E-state index in [1.165, 1.54) is 6.07 Å². The molecule has 13 heavy (non-hydrogen) atoms. The zero-order valence-corrected chi connectivity index (χ0v) is 7.16. The summed E-state index contributed by atoms with van der Waals surface area (Å²) >= 11 is 0. The van der Waals surface area contributed by atoms with Gasteiger partial charge in [-0.05, 0) is 6.92 Å². The van der Waals surface area contributed by atoms with Crippen LogP contribution >= 0.6 is 0 Å². The second-order valence-corrected chi connectivity index (χ2v) is 2.28. The number of hydrogen-bond acceptors (Lipinski definition) is 5. The average molecular weight is 184 g/mol. The number of aromatic nitrogens is 1. The number of carbonyl (C=O) groups excluding carboxylic acids is 2. The smallest absolute Gasteiger partial charge is 0.396 e. The summed E-state index contributed by atoms with van der Waals surface area (Å²) in [6, 6.07) is 1.49. The number of esters is 1. The summed E-state index contributed by atoms with van der Waals surface area (Å²) in [7, 11) is 1.12. The number of nitrogens with zero attached hydrogens (tertiary/aromatic N) is 1. The van der Waals surface area contributed by atoms with E-state index in [1.54, 1.807) is 6.92 Å². The van der Waals surface area contributed by atoms with Crippen LogP contribution < -0.4 is 5.32 Å². The summed E-state index contributed by atoms with van der Waals surface area (Å²) in [5.41, 5.74) is 0.611. The molecular weight excluding hydrogens is 176 g/mol. The molecule has 0 fully saturated rings. The molecule has 1 aromatic rings. The molecule has 0 saturated carbocycles. The van der Waals surface area contributed by atoms with E-state index in [0.29, 0.717) is 5.69 Å². The number of rotatable bonds is 1. The molecule has 0 saturated heterocycles. The van der Waals surface area contributed by atoms with Crippen molar-refractivity contribution in [2.75, 3.05) is 12.4 Å². The van der Waals surface area contributed by atoms with Gasteiger partial charge in [-0.1, -0.05) is 5.16 Å². The van der Waals surface area contributed by atoms with Gasteiger partial charge in [-0.25, -0.2) is 4.79 Å². The van der Waals surface area contributed by atoms with E-state index in [9.17, 15) is 9.59 Å². The van der Waals surface area contributed by atoms with Crippen LogP contribution in [0.15, 0.2) is 10.6 Å². The first-order valence-electron chi connectivity index (χ1n) is 3.46. The predicted octanol–water partition coefficient (Wildman–Crippen LogP) is 0.0945. The molecule has 1 aromatic heterocycles.